The lowest BCUT2D eigenvalue weighted by Crippen LogP contribution is -2.04. The molecule has 0 aromatic carbocycles. The molecule has 5 heteroatoms. The number of pyridine rings is 1. The molecule has 0 radical (unpaired) electrons. The standard InChI is InChI=1S/C9H13NO3S/c1-6-8(13-3)5-9(7(2)10-6)14(4,11)12/h5H,1-4H3. The van der Waals surface area contributed by atoms with Crippen molar-refractivity contribution < 1.29 is 13.2 Å². The van der Waals surface area contributed by atoms with E-state index in [1.165, 1.54) is 13.2 Å². The second kappa shape index (κ2) is 3.57. The second-order valence-corrected chi connectivity index (χ2v) is 5.12. The summed E-state index contributed by atoms with van der Waals surface area (Å²) in [5, 5.41) is 0. The van der Waals surface area contributed by atoms with Gasteiger partial charge in [-0.05, 0) is 13.8 Å². The Morgan fingerprint density at radius 1 is 1.29 bits per heavy atom. The summed E-state index contributed by atoms with van der Waals surface area (Å²) in [4.78, 5) is 4.33. The van der Waals surface area contributed by atoms with E-state index in [2.05, 4.69) is 4.98 Å². The Morgan fingerprint density at radius 3 is 2.29 bits per heavy atom. The van der Waals surface area contributed by atoms with Crippen molar-refractivity contribution in [2.75, 3.05) is 13.4 Å². The number of hydrogen-bond acceptors (Lipinski definition) is 4. The predicted octanol–water partition coefficient (Wildman–Crippen LogP) is 1.11. The Bertz CT molecular complexity index is 451. The van der Waals surface area contributed by atoms with E-state index in [9.17, 15) is 8.42 Å². The van der Waals surface area contributed by atoms with Crippen LogP contribution >= 0.6 is 0 Å². The van der Waals surface area contributed by atoms with E-state index in [-0.39, 0.29) is 4.90 Å². The lowest BCUT2D eigenvalue weighted by atomic mass is 10.3. The Balaban J connectivity index is 3.47. The monoisotopic (exact) mass is 215 g/mol. The van der Waals surface area contributed by atoms with Crippen LogP contribution in [0.2, 0.25) is 0 Å². The summed E-state index contributed by atoms with van der Waals surface area (Å²) in [6.45, 7) is 3.45. The molecule has 0 saturated carbocycles. The van der Waals surface area contributed by atoms with Crippen molar-refractivity contribution in [3.8, 4) is 5.75 Å². The average molecular weight is 215 g/mol. The van der Waals surface area contributed by atoms with Crippen LogP contribution in [0, 0.1) is 13.8 Å². The zero-order valence-corrected chi connectivity index (χ0v) is 9.47. The van der Waals surface area contributed by atoms with E-state index in [1.54, 1.807) is 13.8 Å². The molecule has 1 aromatic rings. The summed E-state index contributed by atoms with van der Waals surface area (Å²) in [7, 11) is -1.73. The van der Waals surface area contributed by atoms with Crippen LogP contribution in [0.3, 0.4) is 0 Å². The van der Waals surface area contributed by atoms with Crippen LogP contribution in [0.1, 0.15) is 11.4 Å². The van der Waals surface area contributed by atoms with Gasteiger partial charge in [-0.1, -0.05) is 0 Å². The van der Waals surface area contributed by atoms with Crippen LogP contribution < -0.4 is 4.74 Å². The fourth-order valence-corrected chi connectivity index (χ4v) is 2.18. The lowest BCUT2D eigenvalue weighted by molar-refractivity contribution is 0.407. The van der Waals surface area contributed by atoms with Gasteiger partial charge >= 0.3 is 0 Å². The predicted molar refractivity (Wildman–Crippen MR) is 53.4 cm³/mol. The largest absolute Gasteiger partial charge is 0.495 e. The maximum atomic E-state index is 11.3. The van der Waals surface area contributed by atoms with Crippen molar-refractivity contribution in [1.29, 1.82) is 0 Å². The zero-order valence-electron chi connectivity index (χ0n) is 8.66. The highest BCUT2D eigenvalue weighted by Gasteiger charge is 2.14. The van der Waals surface area contributed by atoms with Crippen LogP contribution in [0.15, 0.2) is 11.0 Å². The molecule has 0 bridgehead atoms. The van der Waals surface area contributed by atoms with Crippen LogP contribution in [0.25, 0.3) is 0 Å². The fourth-order valence-electron chi connectivity index (χ4n) is 1.27. The van der Waals surface area contributed by atoms with Gasteiger partial charge in [-0.2, -0.15) is 0 Å². The van der Waals surface area contributed by atoms with Gasteiger partial charge < -0.3 is 4.74 Å². The minimum absolute atomic E-state index is 0.222. The second-order valence-electron chi connectivity index (χ2n) is 3.13. The molecule has 0 atom stereocenters. The molecule has 1 heterocycles. The van der Waals surface area contributed by atoms with E-state index < -0.39 is 9.84 Å². The minimum atomic E-state index is -3.23. The highest BCUT2D eigenvalue weighted by Crippen LogP contribution is 2.22. The molecule has 0 aliphatic carbocycles. The highest BCUT2D eigenvalue weighted by molar-refractivity contribution is 7.90. The Morgan fingerprint density at radius 2 is 1.86 bits per heavy atom. The molecule has 0 unspecified atom stereocenters. The van der Waals surface area contributed by atoms with E-state index in [4.69, 9.17) is 4.74 Å². The molecule has 0 saturated heterocycles. The molecule has 78 valence electrons. The number of ether oxygens (including phenoxy) is 1. The summed E-state index contributed by atoms with van der Waals surface area (Å²) < 4.78 is 27.7. The Labute approximate surface area is 83.8 Å². The first-order valence-electron chi connectivity index (χ1n) is 4.08. The van der Waals surface area contributed by atoms with Gasteiger partial charge in [-0.25, -0.2) is 8.42 Å². The maximum absolute atomic E-state index is 11.3. The van der Waals surface area contributed by atoms with Crippen molar-refractivity contribution in [3.63, 3.8) is 0 Å². The van der Waals surface area contributed by atoms with Gasteiger partial charge in [-0.15, -0.1) is 0 Å². The van der Waals surface area contributed by atoms with Crippen molar-refractivity contribution in [1.82, 2.24) is 4.98 Å². The van der Waals surface area contributed by atoms with Gasteiger partial charge in [-0.3, -0.25) is 4.98 Å². The SMILES string of the molecule is COc1cc(S(C)(=O)=O)c(C)nc1C. The third-order valence-corrected chi connectivity index (χ3v) is 3.14. The molecule has 4 nitrogen and oxygen atoms in total. The van der Waals surface area contributed by atoms with Crippen molar-refractivity contribution in [2.45, 2.75) is 18.7 Å². The van der Waals surface area contributed by atoms with E-state index in [1.807, 2.05) is 0 Å². The van der Waals surface area contributed by atoms with Gasteiger partial charge in [0.2, 0.25) is 0 Å². The van der Waals surface area contributed by atoms with Gasteiger partial charge in [0, 0.05) is 12.3 Å². The zero-order chi connectivity index (χ0) is 10.9. The smallest absolute Gasteiger partial charge is 0.177 e. The first-order valence-corrected chi connectivity index (χ1v) is 5.97. The van der Waals surface area contributed by atoms with Gasteiger partial charge in [0.05, 0.1) is 23.4 Å². The summed E-state index contributed by atoms with van der Waals surface area (Å²) in [6.07, 6.45) is 1.16. The maximum Gasteiger partial charge on any atom is 0.177 e. The highest BCUT2D eigenvalue weighted by atomic mass is 32.2. The molecule has 0 spiro atoms. The summed E-state index contributed by atoms with van der Waals surface area (Å²) >= 11 is 0. The third kappa shape index (κ3) is 2.04. The van der Waals surface area contributed by atoms with Crippen LogP contribution in [-0.2, 0) is 9.84 Å². The fraction of sp³-hybridized carbons (Fsp3) is 0.444. The van der Waals surface area contributed by atoms with Crippen molar-refractivity contribution >= 4 is 9.84 Å². The topological polar surface area (TPSA) is 56.3 Å². The quantitative estimate of drug-likeness (QED) is 0.741. The average Bonchev–Trinajstić information content (AvgIpc) is 2.02. The number of hydrogen-bond donors (Lipinski definition) is 0. The van der Waals surface area contributed by atoms with Crippen LogP contribution in [0.4, 0.5) is 0 Å². The van der Waals surface area contributed by atoms with Crippen LogP contribution in [-0.4, -0.2) is 26.8 Å². The molecule has 0 aliphatic rings. The number of aryl methyl sites for hydroxylation is 2. The van der Waals surface area contributed by atoms with Gasteiger partial charge in [0.15, 0.2) is 9.84 Å². The van der Waals surface area contributed by atoms with Crippen LogP contribution in [0.5, 0.6) is 5.75 Å². The number of sulfone groups is 1. The summed E-state index contributed by atoms with van der Waals surface area (Å²) in [5.74, 6) is 0.496. The summed E-state index contributed by atoms with van der Waals surface area (Å²) in [6, 6.07) is 1.51. The van der Waals surface area contributed by atoms with E-state index in [0.29, 0.717) is 17.1 Å². The molecule has 0 aliphatic heterocycles. The number of nitrogens with zero attached hydrogens (tertiary/aromatic N) is 1. The first kappa shape index (κ1) is 11.0. The van der Waals surface area contributed by atoms with Gasteiger partial charge in [0.25, 0.3) is 0 Å². The summed E-state index contributed by atoms with van der Waals surface area (Å²) in [5.41, 5.74) is 1.20. The molecule has 1 rings (SSSR count). The van der Waals surface area contributed by atoms with E-state index in [0.717, 1.165) is 6.26 Å². The molecule has 0 N–H and O–H groups in total. The molecule has 14 heavy (non-hydrogen) atoms. The Hall–Kier alpha value is -1.10. The van der Waals surface area contributed by atoms with Gasteiger partial charge in [0.1, 0.15) is 5.75 Å². The Kier molecular flexibility index (Phi) is 2.80. The minimum Gasteiger partial charge on any atom is -0.495 e. The molecular formula is C9H13NO3S. The number of methoxy groups -OCH3 is 1. The number of rotatable bonds is 2. The molecule has 0 amide bonds. The number of aromatic nitrogens is 1. The normalized spacial score (nSPS) is 11.4. The van der Waals surface area contributed by atoms with E-state index >= 15 is 0 Å². The molecular weight excluding hydrogens is 202 g/mol. The van der Waals surface area contributed by atoms with Crippen molar-refractivity contribution in [2.24, 2.45) is 0 Å². The lowest BCUT2D eigenvalue weighted by Gasteiger charge is -2.08. The molecule has 1 aromatic heterocycles. The molecule has 0 fully saturated rings. The first-order chi connectivity index (χ1) is 6.36. The third-order valence-electron chi connectivity index (χ3n) is 1.93. The van der Waals surface area contributed by atoms with Crippen molar-refractivity contribution in [3.05, 3.63) is 17.5 Å².